The molecule has 0 spiro atoms. The van der Waals surface area contributed by atoms with Crippen LogP contribution in [0.15, 0.2) is 28.0 Å². The first kappa shape index (κ1) is 10.2. The van der Waals surface area contributed by atoms with Gasteiger partial charge in [-0.25, -0.2) is 0 Å². The van der Waals surface area contributed by atoms with Gasteiger partial charge < -0.3 is 0 Å². The van der Waals surface area contributed by atoms with E-state index in [4.69, 9.17) is 0 Å². The summed E-state index contributed by atoms with van der Waals surface area (Å²) in [7, 11) is -0.933. The second-order valence-corrected chi connectivity index (χ2v) is 3.81. The van der Waals surface area contributed by atoms with E-state index in [1.54, 1.807) is 18.2 Å². The Labute approximate surface area is 75.2 Å². The fraction of sp³-hybridized carbons (Fsp3) is 0.286. The molecular weight excluding hydrogens is 203 g/mol. The average molecular weight is 209 g/mol. The molecule has 0 aromatic carbocycles. The lowest BCUT2D eigenvalue weighted by Gasteiger charge is -2.03. The second kappa shape index (κ2) is 3.87. The molecule has 1 rings (SSSR count). The molecule has 0 aromatic heterocycles. The molecule has 0 aliphatic carbocycles. The molecule has 1 heterocycles. The number of hydrogen-bond acceptors (Lipinski definition) is 1. The topological polar surface area (TPSA) is 29.4 Å². The summed E-state index contributed by atoms with van der Waals surface area (Å²) >= 11 is 0. The van der Waals surface area contributed by atoms with E-state index >= 15 is 0 Å². The van der Waals surface area contributed by atoms with Crippen molar-refractivity contribution in [3.8, 4) is 0 Å². The minimum Gasteiger partial charge on any atom is -0.261 e. The molecule has 0 bridgehead atoms. The van der Waals surface area contributed by atoms with Crippen LogP contribution in [0.3, 0.4) is 0 Å². The maximum absolute atomic E-state index is 11.7. The lowest BCUT2D eigenvalue weighted by Crippen LogP contribution is -2.21. The number of rotatable bonds is 0. The molecule has 72 valence electrons. The van der Waals surface area contributed by atoms with Crippen LogP contribution >= 0.6 is 0 Å². The van der Waals surface area contributed by atoms with E-state index in [-0.39, 0.29) is 0 Å². The van der Waals surface area contributed by atoms with E-state index in [0.29, 0.717) is 5.75 Å². The van der Waals surface area contributed by atoms with Crippen LogP contribution < -0.4 is 0 Å². The highest BCUT2D eigenvalue weighted by atomic mass is 32.2. The van der Waals surface area contributed by atoms with Crippen molar-refractivity contribution >= 4 is 16.6 Å². The molecule has 0 aromatic rings. The highest BCUT2D eigenvalue weighted by Crippen LogP contribution is 2.17. The summed E-state index contributed by atoms with van der Waals surface area (Å²) in [6, 6.07) is 0. The molecule has 1 aliphatic rings. The van der Waals surface area contributed by atoms with Crippen molar-refractivity contribution in [2.75, 3.05) is 5.75 Å². The first-order valence-corrected chi connectivity index (χ1v) is 4.77. The van der Waals surface area contributed by atoms with Gasteiger partial charge in [-0.3, -0.25) is 4.79 Å². The summed E-state index contributed by atoms with van der Waals surface area (Å²) in [5.74, 6) is -1.63. The van der Waals surface area contributed by atoms with Gasteiger partial charge >= 0.3 is 12.1 Å². The standard InChI is InChI=1S/C7H6F3NOS/c8-7(9,10)6(12)11-13-4-2-1-3-5-13/h1-4H,5H2. The van der Waals surface area contributed by atoms with Gasteiger partial charge in [0.1, 0.15) is 0 Å². The van der Waals surface area contributed by atoms with Gasteiger partial charge in [0.2, 0.25) is 0 Å². The van der Waals surface area contributed by atoms with Crippen LogP contribution in [0, 0.1) is 0 Å². The van der Waals surface area contributed by atoms with E-state index in [2.05, 4.69) is 4.36 Å². The highest BCUT2D eigenvalue weighted by Gasteiger charge is 2.38. The number of allylic oxidation sites excluding steroid dienone is 2. The number of carbonyl (C=O) groups excluding carboxylic acids is 1. The quantitative estimate of drug-likeness (QED) is 0.599. The van der Waals surface area contributed by atoms with Crippen LogP contribution in [0.5, 0.6) is 0 Å². The molecule has 13 heavy (non-hydrogen) atoms. The Morgan fingerprint density at radius 2 is 2.08 bits per heavy atom. The summed E-state index contributed by atoms with van der Waals surface area (Å²) in [6.45, 7) is 0. The molecule has 0 radical (unpaired) electrons. The van der Waals surface area contributed by atoms with Gasteiger partial charge in [-0.15, -0.1) is 0 Å². The Kier molecular flexibility index (Phi) is 3.02. The van der Waals surface area contributed by atoms with Gasteiger partial charge in [-0.2, -0.15) is 17.5 Å². The predicted molar refractivity (Wildman–Crippen MR) is 44.0 cm³/mol. The van der Waals surface area contributed by atoms with E-state index in [0.717, 1.165) is 0 Å². The lowest BCUT2D eigenvalue weighted by atomic mass is 10.5. The van der Waals surface area contributed by atoms with Gasteiger partial charge in [0, 0.05) is 5.75 Å². The van der Waals surface area contributed by atoms with Crippen molar-refractivity contribution in [2.24, 2.45) is 4.36 Å². The Morgan fingerprint density at radius 3 is 2.54 bits per heavy atom. The molecule has 0 fully saturated rings. The second-order valence-electron chi connectivity index (χ2n) is 2.22. The van der Waals surface area contributed by atoms with Crippen LogP contribution in [0.4, 0.5) is 13.2 Å². The van der Waals surface area contributed by atoms with Crippen molar-refractivity contribution in [3.05, 3.63) is 23.6 Å². The fourth-order valence-electron chi connectivity index (χ4n) is 0.650. The number of alkyl halides is 3. The average Bonchev–Trinajstić information content (AvgIpc) is 2.04. The molecule has 2 nitrogen and oxygen atoms in total. The Morgan fingerprint density at radius 1 is 1.38 bits per heavy atom. The first-order valence-electron chi connectivity index (χ1n) is 3.36. The third-order valence-corrected chi connectivity index (χ3v) is 2.60. The number of halogens is 3. The SMILES string of the molecule is O=C(N=S1C=CC=CC1)C(F)(F)F. The highest BCUT2D eigenvalue weighted by molar-refractivity contribution is 7.90. The zero-order chi connectivity index (χ0) is 9.90. The molecular formula is C7H6F3NOS. The molecule has 0 saturated carbocycles. The van der Waals surface area contributed by atoms with Crippen LogP contribution in [-0.4, -0.2) is 17.8 Å². The van der Waals surface area contributed by atoms with E-state index in [1.165, 1.54) is 5.41 Å². The molecule has 1 amide bonds. The monoisotopic (exact) mass is 209 g/mol. The van der Waals surface area contributed by atoms with E-state index in [9.17, 15) is 18.0 Å². The van der Waals surface area contributed by atoms with Crippen LogP contribution in [-0.2, 0) is 15.5 Å². The van der Waals surface area contributed by atoms with Crippen molar-refractivity contribution in [1.82, 2.24) is 0 Å². The van der Waals surface area contributed by atoms with Crippen molar-refractivity contribution in [2.45, 2.75) is 6.18 Å². The van der Waals surface area contributed by atoms with Crippen molar-refractivity contribution in [3.63, 3.8) is 0 Å². The Bertz CT molecular complexity index is 303. The molecule has 0 N–H and O–H groups in total. The smallest absolute Gasteiger partial charge is 0.261 e. The van der Waals surface area contributed by atoms with E-state index in [1.807, 2.05) is 0 Å². The summed E-state index contributed by atoms with van der Waals surface area (Å²) < 4.78 is 38.2. The van der Waals surface area contributed by atoms with Crippen LogP contribution in [0.1, 0.15) is 0 Å². The minimum absolute atomic E-state index is 0.373. The summed E-state index contributed by atoms with van der Waals surface area (Å²) in [6.07, 6.45) is 0.120. The zero-order valence-electron chi connectivity index (χ0n) is 6.41. The summed E-state index contributed by atoms with van der Waals surface area (Å²) in [4.78, 5) is 10.4. The van der Waals surface area contributed by atoms with Gasteiger partial charge in [-0.1, -0.05) is 28.9 Å². The number of nitrogens with zero attached hydrogens (tertiary/aromatic N) is 1. The molecule has 1 aliphatic heterocycles. The van der Waals surface area contributed by atoms with Crippen LogP contribution in [0.25, 0.3) is 0 Å². The van der Waals surface area contributed by atoms with Gasteiger partial charge in [-0.05, 0) is 5.41 Å². The predicted octanol–water partition coefficient (Wildman–Crippen LogP) is 1.96. The molecule has 1 unspecified atom stereocenters. The van der Waals surface area contributed by atoms with E-state index < -0.39 is 22.8 Å². The zero-order valence-corrected chi connectivity index (χ0v) is 7.23. The normalized spacial score (nSPS) is 22.2. The number of amides is 1. The third-order valence-electron chi connectivity index (χ3n) is 1.19. The summed E-state index contributed by atoms with van der Waals surface area (Å²) in [5, 5.41) is 1.49. The third kappa shape index (κ3) is 3.14. The molecule has 6 heteroatoms. The Balaban J connectivity index is 2.72. The fourth-order valence-corrected chi connectivity index (χ4v) is 1.79. The maximum atomic E-state index is 11.7. The molecule has 0 saturated heterocycles. The summed E-state index contributed by atoms with van der Waals surface area (Å²) in [5.41, 5.74) is 0. The molecule has 1 atom stereocenters. The van der Waals surface area contributed by atoms with Gasteiger partial charge in [0.15, 0.2) is 0 Å². The van der Waals surface area contributed by atoms with Crippen molar-refractivity contribution < 1.29 is 18.0 Å². The van der Waals surface area contributed by atoms with Crippen LogP contribution in [0.2, 0.25) is 0 Å². The van der Waals surface area contributed by atoms with Gasteiger partial charge in [0.05, 0.1) is 0 Å². The number of carbonyl (C=O) groups is 1. The number of hydrogen-bond donors (Lipinski definition) is 0. The maximum Gasteiger partial charge on any atom is 0.474 e. The Hall–Kier alpha value is -0.910. The minimum atomic E-state index is -4.85. The lowest BCUT2D eigenvalue weighted by molar-refractivity contribution is -0.169. The van der Waals surface area contributed by atoms with Crippen molar-refractivity contribution in [1.29, 1.82) is 0 Å². The largest absolute Gasteiger partial charge is 0.474 e. The van der Waals surface area contributed by atoms with Gasteiger partial charge in [0.25, 0.3) is 0 Å². The first-order chi connectivity index (χ1) is 6.00.